The molecule has 0 aliphatic heterocycles. The van der Waals surface area contributed by atoms with Crippen molar-refractivity contribution in [1.82, 2.24) is 5.32 Å². The van der Waals surface area contributed by atoms with Gasteiger partial charge in [-0.05, 0) is 29.0 Å². The Morgan fingerprint density at radius 2 is 1.54 bits per heavy atom. The highest BCUT2D eigenvalue weighted by Crippen LogP contribution is 2.22. The highest BCUT2D eigenvalue weighted by Gasteiger charge is 2.12. The smallest absolute Gasteiger partial charge is 0.243 e. The van der Waals surface area contributed by atoms with Crippen LogP contribution in [-0.2, 0) is 10.2 Å². The van der Waals surface area contributed by atoms with Gasteiger partial charge in [-0.1, -0.05) is 90.5 Å². The zero-order valence-electron chi connectivity index (χ0n) is 16.0. The Labute approximate surface area is 148 Å². The topological polar surface area (TPSA) is 29.1 Å². The summed E-state index contributed by atoms with van der Waals surface area (Å²) >= 11 is 0. The molecular formula is C22H35NO. The third-order valence-corrected chi connectivity index (χ3v) is 4.28. The van der Waals surface area contributed by atoms with Crippen LogP contribution in [-0.4, -0.2) is 12.5 Å². The summed E-state index contributed by atoms with van der Waals surface area (Å²) in [7, 11) is 0. The summed E-state index contributed by atoms with van der Waals surface area (Å²) in [5.74, 6) is 0.000816. The van der Waals surface area contributed by atoms with Crippen LogP contribution in [0.5, 0.6) is 0 Å². The second-order valence-corrected chi connectivity index (χ2v) is 7.62. The lowest BCUT2D eigenvalue weighted by Crippen LogP contribution is -2.21. The van der Waals surface area contributed by atoms with Gasteiger partial charge in [-0.15, -0.1) is 0 Å². The van der Waals surface area contributed by atoms with E-state index < -0.39 is 0 Å². The average molecular weight is 330 g/mol. The van der Waals surface area contributed by atoms with Crippen LogP contribution in [0.15, 0.2) is 30.3 Å². The van der Waals surface area contributed by atoms with Crippen molar-refractivity contribution < 1.29 is 4.79 Å². The molecule has 1 aromatic carbocycles. The van der Waals surface area contributed by atoms with Crippen LogP contribution in [0, 0.1) is 0 Å². The summed E-state index contributed by atoms with van der Waals surface area (Å²) in [6, 6.07) is 8.41. The number of rotatable bonds is 10. The van der Waals surface area contributed by atoms with Crippen LogP contribution in [0.3, 0.4) is 0 Å². The van der Waals surface area contributed by atoms with E-state index >= 15 is 0 Å². The largest absolute Gasteiger partial charge is 0.353 e. The first kappa shape index (κ1) is 20.5. The molecule has 0 aliphatic rings. The van der Waals surface area contributed by atoms with Crippen molar-refractivity contribution in [3.8, 4) is 0 Å². The van der Waals surface area contributed by atoms with Crippen LogP contribution in [0.4, 0.5) is 0 Å². The minimum absolute atomic E-state index is 0.000816. The normalized spacial score (nSPS) is 11.8. The van der Waals surface area contributed by atoms with Gasteiger partial charge in [-0.2, -0.15) is 0 Å². The summed E-state index contributed by atoms with van der Waals surface area (Å²) in [5.41, 5.74) is 2.54. The predicted octanol–water partition coefficient (Wildman–Crippen LogP) is 5.86. The number of benzene rings is 1. The summed E-state index contributed by atoms with van der Waals surface area (Å²) in [6.45, 7) is 9.63. The van der Waals surface area contributed by atoms with Crippen molar-refractivity contribution in [2.45, 2.75) is 78.1 Å². The van der Waals surface area contributed by atoms with E-state index in [-0.39, 0.29) is 11.3 Å². The fourth-order valence-corrected chi connectivity index (χ4v) is 2.62. The number of hydrogen-bond acceptors (Lipinski definition) is 1. The fourth-order valence-electron chi connectivity index (χ4n) is 2.62. The molecule has 0 heterocycles. The third kappa shape index (κ3) is 8.90. The van der Waals surface area contributed by atoms with E-state index in [0.29, 0.717) is 0 Å². The molecule has 0 saturated carbocycles. The minimum Gasteiger partial charge on any atom is -0.353 e. The van der Waals surface area contributed by atoms with Crippen LogP contribution in [0.2, 0.25) is 0 Å². The molecule has 2 nitrogen and oxygen atoms in total. The van der Waals surface area contributed by atoms with Crippen molar-refractivity contribution in [2.75, 3.05) is 6.54 Å². The van der Waals surface area contributed by atoms with Gasteiger partial charge in [-0.3, -0.25) is 4.79 Å². The summed E-state index contributed by atoms with van der Waals surface area (Å²) < 4.78 is 0. The van der Waals surface area contributed by atoms with Crippen molar-refractivity contribution >= 4 is 12.0 Å². The van der Waals surface area contributed by atoms with Gasteiger partial charge in [0.2, 0.25) is 5.91 Å². The van der Waals surface area contributed by atoms with Gasteiger partial charge in [0.15, 0.2) is 0 Å². The molecule has 0 radical (unpaired) electrons. The molecule has 0 aromatic heterocycles. The van der Waals surface area contributed by atoms with E-state index in [9.17, 15) is 4.79 Å². The molecule has 1 aromatic rings. The van der Waals surface area contributed by atoms with E-state index in [1.165, 1.54) is 44.1 Å². The number of nitrogens with one attached hydrogen (secondary N) is 1. The fraction of sp³-hybridized carbons (Fsp3) is 0.591. The van der Waals surface area contributed by atoms with Crippen molar-refractivity contribution in [2.24, 2.45) is 0 Å². The quantitative estimate of drug-likeness (QED) is 0.422. The number of unbranched alkanes of at least 4 members (excludes halogenated alkanes) is 6. The second kappa shape index (κ2) is 11.1. The highest BCUT2D eigenvalue weighted by molar-refractivity contribution is 5.91. The molecule has 24 heavy (non-hydrogen) atoms. The number of carbonyl (C=O) groups excluding carboxylic acids is 1. The van der Waals surface area contributed by atoms with Crippen molar-refractivity contribution in [3.05, 3.63) is 41.5 Å². The van der Waals surface area contributed by atoms with Crippen LogP contribution < -0.4 is 5.32 Å². The zero-order chi connectivity index (χ0) is 17.8. The molecule has 0 atom stereocenters. The first-order chi connectivity index (χ1) is 11.4. The van der Waals surface area contributed by atoms with E-state index in [0.717, 1.165) is 18.5 Å². The Morgan fingerprint density at radius 1 is 0.958 bits per heavy atom. The molecule has 2 heteroatoms. The van der Waals surface area contributed by atoms with Gasteiger partial charge in [0, 0.05) is 12.6 Å². The summed E-state index contributed by atoms with van der Waals surface area (Å²) in [6.07, 6.45) is 12.4. The number of amides is 1. The minimum atomic E-state index is 0.000816. The van der Waals surface area contributed by atoms with Gasteiger partial charge >= 0.3 is 0 Å². The number of carbonyl (C=O) groups is 1. The lowest BCUT2D eigenvalue weighted by molar-refractivity contribution is -0.116. The first-order valence-corrected chi connectivity index (χ1v) is 9.50. The average Bonchev–Trinajstić information content (AvgIpc) is 2.55. The molecule has 0 saturated heterocycles. The van der Waals surface area contributed by atoms with Gasteiger partial charge in [0.05, 0.1) is 0 Å². The van der Waals surface area contributed by atoms with Gasteiger partial charge in [0.1, 0.15) is 0 Å². The van der Waals surface area contributed by atoms with Crippen molar-refractivity contribution in [3.63, 3.8) is 0 Å². The summed E-state index contributed by atoms with van der Waals surface area (Å²) in [4.78, 5) is 11.8. The molecule has 0 fully saturated rings. The van der Waals surface area contributed by atoms with Crippen LogP contribution >= 0.6 is 0 Å². The van der Waals surface area contributed by atoms with Crippen LogP contribution in [0.25, 0.3) is 6.08 Å². The first-order valence-electron chi connectivity index (χ1n) is 9.50. The second-order valence-electron chi connectivity index (χ2n) is 7.62. The van der Waals surface area contributed by atoms with Crippen molar-refractivity contribution in [1.29, 1.82) is 0 Å². The Balaban J connectivity index is 2.21. The number of hydrogen-bond donors (Lipinski definition) is 1. The standard InChI is InChI=1S/C22H35NO/c1-5-6-7-8-9-10-11-18-23-21(24)17-14-19-12-15-20(16-13-19)22(2,3)4/h12-17H,5-11,18H2,1-4H3,(H,23,24)/b17-14+. The maximum absolute atomic E-state index is 11.8. The van der Waals surface area contributed by atoms with E-state index in [1.54, 1.807) is 6.08 Å². The molecule has 0 bridgehead atoms. The molecule has 0 unspecified atom stereocenters. The highest BCUT2D eigenvalue weighted by atomic mass is 16.1. The Bertz CT molecular complexity index is 494. The van der Waals surface area contributed by atoms with E-state index in [4.69, 9.17) is 0 Å². The third-order valence-electron chi connectivity index (χ3n) is 4.28. The Kier molecular flexibility index (Phi) is 9.44. The molecule has 1 N–H and O–H groups in total. The lowest BCUT2D eigenvalue weighted by atomic mass is 9.87. The van der Waals surface area contributed by atoms with Gasteiger partial charge in [-0.25, -0.2) is 0 Å². The zero-order valence-corrected chi connectivity index (χ0v) is 16.0. The molecule has 1 amide bonds. The van der Waals surface area contributed by atoms with E-state index in [1.807, 2.05) is 6.08 Å². The SMILES string of the molecule is CCCCCCCCCNC(=O)/C=C/c1ccc(C(C)(C)C)cc1. The maximum Gasteiger partial charge on any atom is 0.243 e. The molecule has 0 spiro atoms. The monoisotopic (exact) mass is 329 g/mol. The Morgan fingerprint density at radius 3 is 2.12 bits per heavy atom. The Hall–Kier alpha value is -1.57. The molecule has 1 rings (SSSR count). The molecule has 134 valence electrons. The van der Waals surface area contributed by atoms with Gasteiger partial charge in [0.25, 0.3) is 0 Å². The predicted molar refractivity (Wildman–Crippen MR) is 105 cm³/mol. The maximum atomic E-state index is 11.8. The van der Waals surface area contributed by atoms with E-state index in [2.05, 4.69) is 57.3 Å². The summed E-state index contributed by atoms with van der Waals surface area (Å²) in [5, 5.41) is 2.96. The van der Waals surface area contributed by atoms with Gasteiger partial charge < -0.3 is 5.32 Å². The lowest BCUT2D eigenvalue weighted by Gasteiger charge is -2.18. The molecular weight excluding hydrogens is 294 g/mol. The molecule has 0 aliphatic carbocycles. The van der Waals surface area contributed by atoms with Crippen LogP contribution in [0.1, 0.15) is 83.8 Å².